The fraction of sp³-hybridized carbons (Fsp3) is 0.391. The quantitative estimate of drug-likeness (QED) is 0.686. The van der Waals surface area contributed by atoms with E-state index in [0.717, 1.165) is 43.4 Å². The van der Waals surface area contributed by atoms with E-state index in [1.54, 1.807) is 12.4 Å². The smallest absolute Gasteiger partial charge is 0.322 e. The van der Waals surface area contributed by atoms with E-state index in [0.29, 0.717) is 11.7 Å². The number of urea groups is 1. The van der Waals surface area contributed by atoms with Gasteiger partial charge in [-0.1, -0.05) is 24.2 Å². The third-order valence-corrected chi connectivity index (χ3v) is 6.26. The van der Waals surface area contributed by atoms with Crippen LogP contribution in [0.2, 0.25) is 0 Å². The lowest BCUT2D eigenvalue weighted by Gasteiger charge is -2.37. The van der Waals surface area contributed by atoms with Crippen molar-refractivity contribution in [1.82, 2.24) is 20.0 Å². The van der Waals surface area contributed by atoms with Gasteiger partial charge in [-0.25, -0.2) is 4.79 Å². The molecule has 7 nitrogen and oxygen atoms in total. The standard InChI is InChI=1S/C23H25N5O2/c1-2-15-5-3-7-18(11-15)25-23(29)28-19-8-9-20(28)13-17(12-19)22-26-21(27-30-22)16-6-4-10-24-14-16/h3-7,10-11,14,17,19-20H,2,8-9,12-13H2,1H3,(H,25,29)/t17?,19-,20+. The Hall–Kier alpha value is -3.22. The Balaban J connectivity index is 1.28. The monoisotopic (exact) mass is 403 g/mol. The summed E-state index contributed by atoms with van der Waals surface area (Å²) in [5, 5.41) is 7.24. The number of carbonyl (C=O) groups is 1. The number of nitrogens with one attached hydrogen (secondary N) is 1. The van der Waals surface area contributed by atoms with Gasteiger partial charge in [0.25, 0.3) is 0 Å². The molecule has 2 saturated heterocycles. The Bertz CT molecular complexity index is 1020. The van der Waals surface area contributed by atoms with Crippen LogP contribution in [-0.4, -0.2) is 38.1 Å². The maximum absolute atomic E-state index is 13.0. The van der Waals surface area contributed by atoms with Crippen LogP contribution in [0.25, 0.3) is 11.4 Å². The van der Waals surface area contributed by atoms with Crippen LogP contribution in [0.15, 0.2) is 53.3 Å². The number of anilines is 1. The Kier molecular flexibility index (Phi) is 4.94. The molecule has 0 spiro atoms. The normalized spacial score (nSPS) is 22.8. The van der Waals surface area contributed by atoms with Crippen LogP contribution in [-0.2, 0) is 6.42 Å². The first-order valence-electron chi connectivity index (χ1n) is 10.6. The Labute approximate surface area is 175 Å². The number of piperidine rings is 1. The first kappa shape index (κ1) is 18.8. The van der Waals surface area contributed by atoms with Gasteiger partial charge >= 0.3 is 6.03 Å². The molecule has 154 valence electrons. The summed E-state index contributed by atoms with van der Waals surface area (Å²) in [6.07, 6.45) is 8.16. The molecule has 4 heterocycles. The Morgan fingerprint density at radius 3 is 2.77 bits per heavy atom. The molecule has 2 aliphatic rings. The zero-order valence-corrected chi connectivity index (χ0v) is 17.0. The van der Waals surface area contributed by atoms with Crippen LogP contribution >= 0.6 is 0 Å². The maximum atomic E-state index is 13.0. The highest BCUT2D eigenvalue weighted by Gasteiger charge is 2.45. The average Bonchev–Trinajstić information content (AvgIpc) is 3.37. The number of aromatic nitrogens is 3. The van der Waals surface area contributed by atoms with Gasteiger partial charge in [0.15, 0.2) is 0 Å². The number of aryl methyl sites for hydroxylation is 1. The molecule has 30 heavy (non-hydrogen) atoms. The average molecular weight is 403 g/mol. The number of amides is 2. The Morgan fingerprint density at radius 1 is 1.20 bits per heavy atom. The molecule has 1 N–H and O–H groups in total. The van der Waals surface area contributed by atoms with Gasteiger partial charge in [-0.3, -0.25) is 4.98 Å². The number of nitrogens with zero attached hydrogens (tertiary/aromatic N) is 4. The highest BCUT2D eigenvalue weighted by molar-refractivity contribution is 5.90. The van der Waals surface area contributed by atoms with Gasteiger partial charge in [-0.15, -0.1) is 0 Å². The summed E-state index contributed by atoms with van der Waals surface area (Å²) in [5.74, 6) is 1.43. The van der Waals surface area contributed by atoms with Gasteiger partial charge in [0.1, 0.15) is 0 Å². The lowest BCUT2D eigenvalue weighted by Crippen LogP contribution is -2.48. The van der Waals surface area contributed by atoms with Crippen molar-refractivity contribution in [2.24, 2.45) is 0 Å². The summed E-state index contributed by atoms with van der Waals surface area (Å²) >= 11 is 0. The minimum Gasteiger partial charge on any atom is -0.339 e. The summed E-state index contributed by atoms with van der Waals surface area (Å²) in [6.45, 7) is 2.11. The molecular formula is C23H25N5O2. The molecule has 2 aliphatic heterocycles. The van der Waals surface area contributed by atoms with Crippen molar-refractivity contribution in [2.75, 3.05) is 5.32 Å². The molecule has 1 unspecified atom stereocenters. The second-order valence-electron chi connectivity index (χ2n) is 8.14. The third-order valence-electron chi connectivity index (χ3n) is 6.26. The fourth-order valence-corrected chi connectivity index (χ4v) is 4.78. The number of pyridine rings is 1. The summed E-state index contributed by atoms with van der Waals surface area (Å²) in [5.41, 5.74) is 2.93. The van der Waals surface area contributed by atoms with E-state index in [4.69, 9.17) is 4.52 Å². The van der Waals surface area contributed by atoms with Crippen LogP contribution in [0.1, 0.15) is 50.0 Å². The van der Waals surface area contributed by atoms with Crippen molar-refractivity contribution in [3.63, 3.8) is 0 Å². The topological polar surface area (TPSA) is 84.2 Å². The van der Waals surface area contributed by atoms with Crippen molar-refractivity contribution < 1.29 is 9.32 Å². The first-order chi connectivity index (χ1) is 14.7. The number of hydrogen-bond donors (Lipinski definition) is 1. The molecule has 3 aromatic rings. The zero-order valence-electron chi connectivity index (χ0n) is 17.0. The molecule has 2 fully saturated rings. The van der Waals surface area contributed by atoms with Crippen molar-refractivity contribution in [3.05, 3.63) is 60.2 Å². The molecule has 0 saturated carbocycles. The largest absolute Gasteiger partial charge is 0.339 e. The van der Waals surface area contributed by atoms with Crippen LogP contribution in [0.5, 0.6) is 0 Å². The highest BCUT2D eigenvalue weighted by Crippen LogP contribution is 2.43. The summed E-state index contributed by atoms with van der Waals surface area (Å²) < 4.78 is 5.59. The molecule has 0 radical (unpaired) electrons. The number of carbonyl (C=O) groups excluding carboxylic acids is 1. The van der Waals surface area contributed by atoms with E-state index < -0.39 is 0 Å². The molecule has 1 aromatic carbocycles. The van der Waals surface area contributed by atoms with Gasteiger partial charge < -0.3 is 14.7 Å². The number of rotatable bonds is 4. The van der Waals surface area contributed by atoms with Crippen LogP contribution in [0, 0.1) is 0 Å². The van der Waals surface area contributed by atoms with E-state index in [-0.39, 0.29) is 24.0 Å². The maximum Gasteiger partial charge on any atom is 0.322 e. The summed E-state index contributed by atoms with van der Waals surface area (Å²) in [7, 11) is 0. The predicted octanol–water partition coefficient (Wildman–Crippen LogP) is 4.64. The van der Waals surface area contributed by atoms with Crippen LogP contribution in [0.4, 0.5) is 10.5 Å². The van der Waals surface area contributed by atoms with Gasteiger partial charge in [-0.05, 0) is 61.9 Å². The lowest BCUT2D eigenvalue weighted by molar-refractivity contribution is 0.140. The van der Waals surface area contributed by atoms with E-state index in [1.165, 1.54) is 5.56 Å². The SMILES string of the molecule is CCc1cccc(NC(=O)N2[C@@H]3CC[C@H]2CC(c2nc(-c4cccnc4)no2)C3)c1. The minimum absolute atomic E-state index is 0.00391. The van der Waals surface area contributed by atoms with Gasteiger partial charge in [-0.2, -0.15) is 4.98 Å². The molecule has 3 atom stereocenters. The summed E-state index contributed by atoms with van der Waals surface area (Å²) in [4.78, 5) is 23.8. The third kappa shape index (κ3) is 3.56. The van der Waals surface area contributed by atoms with Crippen molar-refractivity contribution in [1.29, 1.82) is 0 Å². The number of fused-ring (bicyclic) bond motifs is 2. The molecule has 2 aromatic heterocycles. The van der Waals surface area contributed by atoms with E-state index in [9.17, 15) is 4.79 Å². The molecule has 2 amide bonds. The van der Waals surface area contributed by atoms with E-state index in [1.807, 2.05) is 35.2 Å². The summed E-state index contributed by atoms with van der Waals surface area (Å²) in [6, 6.07) is 12.3. The van der Waals surface area contributed by atoms with Crippen LogP contribution in [0.3, 0.4) is 0 Å². The van der Waals surface area contributed by atoms with Crippen LogP contribution < -0.4 is 5.32 Å². The fourth-order valence-electron chi connectivity index (χ4n) is 4.78. The molecule has 0 aliphatic carbocycles. The van der Waals surface area contributed by atoms with E-state index >= 15 is 0 Å². The molecule has 7 heteroatoms. The molecule has 5 rings (SSSR count). The number of hydrogen-bond acceptors (Lipinski definition) is 5. The second kappa shape index (κ2) is 7.89. The van der Waals surface area contributed by atoms with Gasteiger partial charge in [0, 0.05) is 41.6 Å². The predicted molar refractivity (Wildman–Crippen MR) is 113 cm³/mol. The Morgan fingerprint density at radius 2 is 2.03 bits per heavy atom. The van der Waals surface area contributed by atoms with E-state index in [2.05, 4.69) is 33.4 Å². The first-order valence-corrected chi connectivity index (χ1v) is 10.6. The zero-order chi connectivity index (χ0) is 20.5. The van der Waals surface area contributed by atoms with Gasteiger partial charge in [0.2, 0.25) is 11.7 Å². The van der Waals surface area contributed by atoms with Crippen molar-refractivity contribution in [3.8, 4) is 11.4 Å². The molecule has 2 bridgehead atoms. The second-order valence-corrected chi connectivity index (χ2v) is 8.14. The minimum atomic E-state index is -0.00391. The lowest BCUT2D eigenvalue weighted by atomic mass is 9.91. The van der Waals surface area contributed by atoms with Gasteiger partial charge in [0.05, 0.1) is 0 Å². The highest BCUT2D eigenvalue weighted by atomic mass is 16.5. The van der Waals surface area contributed by atoms with Crippen molar-refractivity contribution >= 4 is 11.7 Å². The molecular weight excluding hydrogens is 378 g/mol. The van der Waals surface area contributed by atoms with Crippen molar-refractivity contribution in [2.45, 2.75) is 57.0 Å². The number of benzene rings is 1.